The Balaban J connectivity index is 5.25. The van der Waals surface area contributed by atoms with Gasteiger partial charge in [0.15, 0.2) is 12.2 Å². The summed E-state index contributed by atoms with van der Waals surface area (Å²) in [6, 6.07) is 0. The molecule has 0 aliphatic rings. The molecule has 90 heavy (non-hydrogen) atoms. The first-order chi connectivity index (χ1) is 43.1. The predicted octanol–water partition coefficient (Wildman–Crippen LogP) is 20.1. The third-order valence-electron chi connectivity index (χ3n) is 16.3. The molecule has 3 unspecified atom stereocenters. The van der Waals surface area contributed by atoms with Crippen LogP contribution in [0.5, 0.6) is 0 Å². The van der Waals surface area contributed by atoms with Gasteiger partial charge in [-0.05, 0) is 49.4 Å². The number of rotatable bonds is 68. The highest BCUT2D eigenvalue weighted by Gasteiger charge is 2.30. The Morgan fingerprint density at radius 2 is 0.467 bits per heavy atom. The number of hydrogen-bond acceptors (Lipinski definition) is 15. The van der Waals surface area contributed by atoms with Gasteiger partial charge in [-0.25, -0.2) is 9.13 Å². The lowest BCUT2D eigenvalue weighted by Gasteiger charge is -2.21. The van der Waals surface area contributed by atoms with Crippen molar-refractivity contribution in [2.45, 2.75) is 369 Å². The maximum atomic E-state index is 13.0. The second-order valence-corrected chi connectivity index (χ2v) is 30.4. The molecular weight excluding hydrogens is 1190 g/mol. The van der Waals surface area contributed by atoms with Crippen LogP contribution < -0.4 is 0 Å². The van der Waals surface area contributed by atoms with Gasteiger partial charge in [-0.1, -0.05) is 299 Å². The van der Waals surface area contributed by atoms with Crippen molar-refractivity contribution in [1.29, 1.82) is 0 Å². The van der Waals surface area contributed by atoms with E-state index in [9.17, 15) is 43.2 Å². The van der Waals surface area contributed by atoms with E-state index < -0.39 is 97.5 Å². The van der Waals surface area contributed by atoms with Crippen LogP contribution in [-0.4, -0.2) is 96.7 Å². The van der Waals surface area contributed by atoms with E-state index >= 15 is 0 Å². The van der Waals surface area contributed by atoms with E-state index in [1.807, 2.05) is 0 Å². The molecule has 0 saturated carbocycles. The van der Waals surface area contributed by atoms with Crippen LogP contribution in [0.3, 0.4) is 0 Å². The summed E-state index contributed by atoms with van der Waals surface area (Å²) in [5.74, 6) is 0.837. The van der Waals surface area contributed by atoms with Gasteiger partial charge in [-0.3, -0.25) is 37.3 Å². The molecule has 0 saturated heterocycles. The largest absolute Gasteiger partial charge is 0.472 e. The molecule has 0 aliphatic heterocycles. The van der Waals surface area contributed by atoms with E-state index in [1.165, 1.54) is 154 Å². The maximum Gasteiger partial charge on any atom is 0.472 e. The van der Waals surface area contributed by atoms with Gasteiger partial charge < -0.3 is 33.8 Å². The van der Waals surface area contributed by atoms with Crippen molar-refractivity contribution in [1.82, 2.24) is 0 Å². The number of unbranched alkanes of at least 4 members (excludes halogenated alkanes) is 34. The minimum Gasteiger partial charge on any atom is -0.462 e. The quantitative estimate of drug-likeness (QED) is 0.0222. The van der Waals surface area contributed by atoms with Gasteiger partial charge in [-0.2, -0.15) is 0 Å². The fourth-order valence-corrected chi connectivity index (χ4v) is 12.2. The molecule has 0 aromatic rings. The Labute approximate surface area is 549 Å². The fourth-order valence-electron chi connectivity index (χ4n) is 10.7. The van der Waals surface area contributed by atoms with E-state index in [0.717, 1.165) is 108 Å². The van der Waals surface area contributed by atoms with Gasteiger partial charge in [0.25, 0.3) is 0 Å². The minimum atomic E-state index is -4.95. The van der Waals surface area contributed by atoms with E-state index in [0.29, 0.717) is 31.6 Å². The van der Waals surface area contributed by atoms with E-state index in [-0.39, 0.29) is 25.7 Å². The standard InChI is InChI=1S/C71H138O17P2/c1-61(2)47-39-31-23-16-12-10-9-11-13-19-29-37-45-53-70(75)87-66(57-81-68(73)51-43-35-27-18-15-14-17-24-32-40-48-62(3)4)59-85-89(77,78)83-55-65(72)56-84-90(79,80)86-60-67(88-71(76)54-46-38-30-22-26-34-42-50-64(7)8)58-82-69(74)52-44-36-28-21-20-25-33-41-49-63(5)6/h61-67,72H,9-60H2,1-8H3,(H,77,78)(H,79,80)/t65?,66-,67-/m1/s1. The summed E-state index contributed by atoms with van der Waals surface area (Å²) in [5, 5.41) is 10.6. The van der Waals surface area contributed by atoms with Crippen LogP contribution in [0, 0.1) is 23.7 Å². The molecule has 19 heteroatoms. The van der Waals surface area contributed by atoms with Crippen LogP contribution in [0.25, 0.3) is 0 Å². The summed E-state index contributed by atoms with van der Waals surface area (Å²) in [5.41, 5.74) is 0. The molecule has 0 heterocycles. The average Bonchev–Trinajstić information content (AvgIpc) is 3.62. The molecule has 0 radical (unpaired) electrons. The number of phosphoric ester groups is 2. The first-order valence-electron chi connectivity index (χ1n) is 36.7. The lowest BCUT2D eigenvalue weighted by Crippen LogP contribution is -2.30. The summed E-state index contributed by atoms with van der Waals surface area (Å²) in [7, 11) is -9.90. The molecule has 3 N–H and O–H groups in total. The minimum absolute atomic E-state index is 0.102. The van der Waals surface area contributed by atoms with E-state index in [4.69, 9.17) is 37.0 Å². The number of phosphoric acid groups is 2. The van der Waals surface area contributed by atoms with Crippen molar-refractivity contribution in [2.75, 3.05) is 39.6 Å². The molecule has 0 rings (SSSR count). The monoisotopic (exact) mass is 1320 g/mol. The first kappa shape index (κ1) is 88.1. The molecule has 0 fully saturated rings. The van der Waals surface area contributed by atoms with Crippen LogP contribution in [0.4, 0.5) is 0 Å². The fraction of sp³-hybridized carbons (Fsp3) is 0.944. The number of ether oxygens (including phenoxy) is 4. The molecular formula is C71H138O17P2. The third kappa shape index (κ3) is 64.8. The van der Waals surface area contributed by atoms with Gasteiger partial charge in [0.05, 0.1) is 26.4 Å². The van der Waals surface area contributed by atoms with Gasteiger partial charge in [0.2, 0.25) is 0 Å². The summed E-state index contributed by atoms with van der Waals surface area (Å²) in [4.78, 5) is 72.6. The molecule has 0 aromatic carbocycles. The SMILES string of the molecule is CC(C)CCCCCCCCCCCCCCCC(=O)O[C@H](COC(=O)CCCCCCCCCCCCC(C)C)COP(=O)(O)OCC(O)COP(=O)(O)OC[C@@H](COC(=O)CCCCCCCCCCC(C)C)OC(=O)CCCCCCCCCC(C)C. The Morgan fingerprint density at radius 3 is 0.689 bits per heavy atom. The Morgan fingerprint density at radius 1 is 0.278 bits per heavy atom. The van der Waals surface area contributed by atoms with Gasteiger partial charge in [-0.15, -0.1) is 0 Å². The van der Waals surface area contributed by atoms with Gasteiger partial charge in [0, 0.05) is 25.7 Å². The van der Waals surface area contributed by atoms with Gasteiger partial charge >= 0.3 is 39.5 Å². The van der Waals surface area contributed by atoms with Gasteiger partial charge in [0.1, 0.15) is 19.3 Å². The molecule has 0 spiro atoms. The zero-order valence-electron chi connectivity index (χ0n) is 58.8. The number of carbonyl (C=O) groups is 4. The van der Waals surface area contributed by atoms with E-state index in [2.05, 4.69) is 55.4 Å². The number of aliphatic hydroxyl groups excluding tert-OH is 1. The molecule has 0 bridgehead atoms. The molecule has 0 aromatic heterocycles. The van der Waals surface area contributed by atoms with Crippen LogP contribution in [-0.2, 0) is 65.4 Å². The zero-order chi connectivity index (χ0) is 66.8. The molecule has 534 valence electrons. The second kappa shape index (κ2) is 60.7. The lowest BCUT2D eigenvalue weighted by atomic mass is 10.0. The molecule has 5 atom stereocenters. The maximum absolute atomic E-state index is 13.0. The highest BCUT2D eigenvalue weighted by Crippen LogP contribution is 2.45. The number of aliphatic hydroxyl groups is 1. The summed E-state index contributed by atoms with van der Waals surface area (Å²) >= 11 is 0. The Hall–Kier alpha value is -1.94. The summed E-state index contributed by atoms with van der Waals surface area (Å²) < 4.78 is 68.3. The summed E-state index contributed by atoms with van der Waals surface area (Å²) in [6.45, 7) is 14.1. The van der Waals surface area contributed by atoms with Crippen LogP contribution in [0.2, 0.25) is 0 Å². The average molecular weight is 1330 g/mol. The number of esters is 4. The van der Waals surface area contributed by atoms with Crippen molar-refractivity contribution >= 4 is 39.5 Å². The van der Waals surface area contributed by atoms with Crippen molar-refractivity contribution in [3.05, 3.63) is 0 Å². The van der Waals surface area contributed by atoms with Crippen molar-refractivity contribution in [3.8, 4) is 0 Å². The Bertz CT molecular complexity index is 1780. The van der Waals surface area contributed by atoms with Crippen LogP contribution in [0.15, 0.2) is 0 Å². The highest BCUT2D eigenvalue weighted by molar-refractivity contribution is 7.47. The number of hydrogen-bond donors (Lipinski definition) is 3. The smallest absolute Gasteiger partial charge is 0.462 e. The normalized spacial score (nSPS) is 14.3. The van der Waals surface area contributed by atoms with Crippen LogP contribution >= 0.6 is 15.6 Å². The van der Waals surface area contributed by atoms with Crippen molar-refractivity contribution in [2.24, 2.45) is 23.7 Å². The predicted molar refractivity (Wildman–Crippen MR) is 363 cm³/mol. The molecule has 0 amide bonds. The topological polar surface area (TPSA) is 237 Å². The lowest BCUT2D eigenvalue weighted by molar-refractivity contribution is -0.161. The second-order valence-electron chi connectivity index (χ2n) is 27.5. The van der Waals surface area contributed by atoms with E-state index in [1.54, 1.807) is 0 Å². The zero-order valence-corrected chi connectivity index (χ0v) is 60.6. The number of carbonyl (C=O) groups excluding carboxylic acids is 4. The highest BCUT2D eigenvalue weighted by atomic mass is 31.2. The third-order valence-corrected chi connectivity index (χ3v) is 18.2. The summed E-state index contributed by atoms with van der Waals surface area (Å²) in [6.07, 6.45) is 43.2. The van der Waals surface area contributed by atoms with Crippen LogP contribution in [0.1, 0.15) is 351 Å². The molecule has 0 aliphatic carbocycles. The Kier molecular flexibility index (Phi) is 59.4. The van der Waals surface area contributed by atoms with Crippen molar-refractivity contribution < 1.29 is 80.2 Å². The molecule has 17 nitrogen and oxygen atoms in total. The van der Waals surface area contributed by atoms with Crippen molar-refractivity contribution in [3.63, 3.8) is 0 Å². The first-order valence-corrected chi connectivity index (χ1v) is 39.7.